The normalized spacial score (nSPS) is 22.1. The number of thiophene rings is 1. The molecule has 0 aromatic carbocycles. The summed E-state index contributed by atoms with van der Waals surface area (Å²) < 4.78 is 0. The van der Waals surface area contributed by atoms with Gasteiger partial charge in [-0.25, -0.2) is 0 Å². The molecule has 1 aromatic heterocycles. The molecule has 3 heterocycles. The van der Waals surface area contributed by atoms with E-state index in [2.05, 4.69) is 10.2 Å². The highest BCUT2D eigenvalue weighted by Crippen LogP contribution is 2.23. The number of carbonyl (C=O) groups excluding carboxylic acids is 2. The zero-order chi connectivity index (χ0) is 17.1. The van der Waals surface area contributed by atoms with Crippen LogP contribution in [0.5, 0.6) is 0 Å². The number of carbonyl (C=O) groups is 2. The van der Waals surface area contributed by atoms with Gasteiger partial charge in [-0.3, -0.25) is 14.5 Å². The summed E-state index contributed by atoms with van der Waals surface area (Å²) >= 11 is 1.65. The molecule has 1 aromatic rings. The van der Waals surface area contributed by atoms with E-state index in [-0.39, 0.29) is 11.7 Å². The van der Waals surface area contributed by atoms with Crippen molar-refractivity contribution in [1.82, 2.24) is 15.1 Å². The van der Waals surface area contributed by atoms with Gasteiger partial charge in [-0.2, -0.15) is 0 Å². The van der Waals surface area contributed by atoms with Gasteiger partial charge in [0.1, 0.15) is 0 Å². The fourth-order valence-corrected chi connectivity index (χ4v) is 4.68. The number of rotatable bonds is 5. The van der Waals surface area contributed by atoms with E-state index < -0.39 is 0 Å². The second-order valence-electron chi connectivity index (χ2n) is 6.82. The first-order valence-corrected chi connectivity index (χ1v) is 9.69. The maximum Gasteiger partial charge on any atom is 0.223 e. The number of hydrogen-bond acceptors (Lipinski definition) is 5. The molecule has 3 rings (SSSR count). The summed E-state index contributed by atoms with van der Waals surface area (Å²) in [6.45, 7) is 9.87. The average Bonchev–Trinajstić information content (AvgIpc) is 3.20. The lowest BCUT2D eigenvalue weighted by atomic mass is 10.1. The Balaban J connectivity index is 1.47. The van der Waals surface area contributed by atoms with E-state index in [1.54, 1.807) is 11.3 Å². The monoisotopic (exact) mass is 349 g/mol. The smallest absolute Gasteiger partial charge is 0.223 e. The van der Waals surface area contributed by atoms with Crippen LogP contribution in [0.3, 0.4) is 0 Å². The quantitative estimate of drug-likeness (QED) is 0.824. The van der Waals surface area contributed by atoms with Crippen LogP contribution >= 0.6 is 11.3 Å². The van der Waals surface area contributed by atoms with Gasteiger partial charge in [0, 0.05) is 73.5 Å². The van der Waals surface area contributed by atoms with Crippen molar-refractivity contribution in [2.45, 2.75) is 39.2 Å². The van der Waals surface area contributed by atoms with Crippen molar-refractivity contribution in [3.8, 4) is 0 Å². The van der Waals surface area contributed by atoms with Gasteiger partial charge in [0.15, 0.2) is 5.78 Å². The number of nitrogens with one attached hydrogen (secondary N) is 1. The Morgan fingerprint density at radius 3 is 2.62 bits per heavy atom. The summed E-state index contributed by atoms with van der Waals surface area (Å²) in [5.41, 5.74) is 0.797. The molecule has 0 spiro atoms. The number of hydrogen-bond donors (Lipinski definition) is 1. The SMILES string of the molecule is Cc1cc(C(=O)CCC(=O)N2CCC(N3CCNCC3)C2)c(C)s1. The maximum absolute atomic E-state index is 12.4. The highest BCUT2D eigenvalue weighted by Gasteiger charge is 2.30. The van der Waals surface area contributed by atoms with Gasteiger partial charge < -0.3 is 10.2 Å². The summed E-state index contributed by atoms with van der Waals surface area (Å²) in [7, 11) is 0. The predicted molar refractivity (Wildman–Crippen MR) is 96.8 cm³/mol. The molecule has 0 radical (unpaired) electrons. The molecule has 0 aliphatic carbocycles. The van der Waals surface area contributed by atoms with Crippen LogP contribution in [-0.4, -0.2) is 66.8 Å². The Morgan fingerprint density at radius 1 is 1.21 bits per heavy atom. The van der Waals surface area contributed by atoms with Crippen LogP contribution in [0.15, 0.2) is 6.07 Å². The van der Waals surface area contributed by atoms with E-state index in [0.717, 1.165) is 61.0 Å². The van der Waals surface area contributed by atoms with Gasteiger partial charge in [-0.15, -0.1) is 11.3 Å². The second-order valence-corrected chi connectivity index (χ2v) is 8.28. The summed E-state index contributed by atoms with van der Waals surface area (Å²) in [6, 6.07) is 2.44. The first-order chi connectivity index (χ1) is 11.5. The largest absolute Gasteiger partial charge is 0.341 e. The molecular formula is C18H27N3O2S. The van der Waals surface area contributed by atoms with Gasteiger partial charge in [-0.05, 0) is 26.3 Å². The average molecular weight is 350 g/mol. The molecule has 2 fully saturated rings. The summed E-state index contributed by atoms with van der Waals surface area (Å²) in [6.07, 6.45) is 1.72. The molecule has 0 bridgehead atoms. The van der Waals surface area contributed by atoms with E-state index in [4.69, 9.17) is 0 Å². The van der Waals surface area contributed by atoms with E-state index in [1.807, 2.05) is 24.8 Å². The first-order valence-electron chi connectivity index (χ1n) is 8.87. The molecule has 132 valence electrons. The molecule has 1 unspecified atom stereocenters. The zero-order valence-electron chi connectivity index (χ0n) is 14.6. The molecule has 0 saturated carbocycles. The zero-order valence-corrected chi connectivity index (χ0v) is 15.5. The Kier molecular flexibility index (Phi) is 5.69. The van der Waals surface area contributed by atoms with Crippen molar-refractivity contribution in [2.24, 2.45) is 0 Å². The van der Waals surface area contributed by atoms with Crippen molar-refractivity contribution < 1.29 is 9.59 Å². The number of aryl methyl sites for hydroxylation is 2. The van der Waals surface area contributed by atoms with E-state index in [1.165, 1.54) is 0 Å². The van der Waals surface area contributed by atoms with Crippen molar-refractivity contribution in [3.63, 3.8) is 0 Å². The molecule has 1 atom stereocenters. The molecule has 2 aliphatic rings. The predicted octanol–water partition coefficient (Wildman–Crippen LogP) is 1.83. The third-order valence-electron chi connectivity index (χ3n) is 5.09. The number of Topliss-reactive ketones (excluding diaryl/α,β-unsaturated/α-hetero) is 1. The van der Waals surface area contributed by atoms with Crippen LogP contribution < -0.4 is 5.32 Å². The van der Waals surface area contributed by atoms with E-state index in [0.29, 0.717) is 18.9 Å². The van der Waals surface area contributed by atoms with Gasteiger partial charge in [-0.1, -0.05) is 0 Å². The number of amides is 1. The molecule has 2 saturated heterocycles. The summed E-state index contributed by atoms with van der Waals surface area (Å²) in [4.78, 5) is 31.4. The van der Waals surface area contributed by atoms with Gasteiger partial charge in [0.25, 0.3) is 0 Å². The minimum Gasteiger partial charge on any atom is -0.341 e. The van der Waals surface area contributed by atoms with Crippen LogP contribution in [0.1, 0.15) is 39.4 Å². The number of piperazine rings is 1. The Hall–Kier alpha value is -1.24. The maximum atomic E-state index is 12.4. The van der Waals surface area contributed by atoms with E-state index >= 15 is 0 Å². The fourth-order valence-electron chi connectivity index (χ4n) is 3.73. The minimum atomic E-state index is 0.100. The number of ketones is 1. The van der Waals surface area contributed by atoms with Gasteiger partial charge >= 0.3 is 0 Å². The second kappa shape index (κ2) is 7.76. The third kappa shape index (κ3) is 4.05. The third-order valence-corrected chi connectivity index (χ3v) is 6.06. The first kappa shape index (κ1) is 17.6. The van der Waals surface area contributed by atoms with Crippen LogP contribution in [-0.2, 0) is 4.79 Å². The van der Waals surface area contributed by atoms with Crippen molar-refractivity contribution in [1.29, 1.82) is 0 Å². The molecule has 5 nitrogen and oxygen atoms in total. The Labute approximate surface area is 148 Å². The Bertz CT molecular complexity index is 607. The fraction of sp³-hybridized carbons (Fsp3) is 0.667. The summed E-state index contributed by atoms with van der Waals surface area (Å²) in [5, 5.41) is 3.37. The lowest BCUT2D eigenvalue weighted by molar-refractivity contribution is -0.130. The topological polar surface area (TPSA) is 52.7 Å². The van der Waals surface area contributed by atoms with Crippen LogP contribution in [0.25, 0.3) is 0 Å². The highest BCUT2D eigenvalue weighted by atomic mass is 32.1. The van der Waals surface area contributed by atoms with Crippen LogP contribution in [0, 0.1) is 13.8 Å². The molecule has 1 N–H and O–H groups in total. The lowest BCUT2D eigenvalue weighted by Crippen LogP contribution is -2.49. The van der Waals surface area contributed by atoms with Crippen LogP contribution in [0.2, 0.25) is 0 Å². The standard InChI is InChI=1S/C18H27N3O2S/c1-13-11-16(14(2)24-13)17(22)3-4-18(23)21-8-5-15(12-21)20-9-6-19-7-10-20/h11,15,19H,3-10,12H2,1-2H3. The molecular weight excluding hydrogens is 322 g/mol. The van der Waals surface area contributed by atoms with Crippen molar-refractivity contribution >= 4 is 23.0 Å². The van der Waals surface area contributed by atoms with Gasteiger partial charge in [0.05, 0.1) is 0 Å². The molecule has 6 heteroatoms. The van der Waals surface area contributed by atoms with Crippen molar-refractivity contribution in [2.75, 3.05) is 39.3 Å². The van der Waals surface area contributed by atoms with Crippen molar-refractivity contribution in [3.05, 3.63) is 21.4 Å². The lowest BCUT2D eigenvalue weighted by Gasteiger charge is -2.32. The minimum absolute atomic E-state index is 0.100. The molecule has 1 amide bonds. The number of likely N-dealkylation sites (tertiary alicyclic amines) is 1. The molecule has 2 aliphatic heterocycles. The van der Waals surface area contributed by atoms with Crippen LogP contribution in [0.4, 0.5) is 0 Å². The highest BCUT2D eigenvalue weighted by molar-refractivity contribution is 7.12. The molecule has 24 heavy (non-hydrogen) atoms. The summed E-state index contributed by atoms with van der Waals surface area (Å²) in [5.74, 6) is 0.230. The Morgan fingerprint density at radius 2 is 1.96 bits per heavy atom. The number of nitrogens with zero attached hydrogens (tertiary/aromatic N) is 2. The van der Waals surface area contributed by atoms with Gasteiger partial charge in [0.2, 0.25) is 5.91 Å². The van der Waals surface area contributed by atoms with E-state index in [9.17, 15) is 9.59 Å².